The van der Waals surface area contributed by atoms with Crippen LogP contribution in [-0.4, -0.2) is 38.8 Å². The number of anilines is 1. The zero-order valence-electron chi connectivity index (χ0n) is 15.3. The Morgan fingerprint density at radius 1 is 1.07 bits per heavy atom. The van der Waals surface area contributed by atoms with Crippen molar-refractivity contribution < 1.29 is 17.9 Å². The van der Waals surface area contributed by atoms with Crippen molar-refractivity contribution in [1.82, 2.24) is 4.31 Å². The number of carbonyl (C=O) groups is 1. The second-order valence-corrected chi connectivity index (χ2v) is 8.58. The van der Waals surface area contributed by atoms with Crippen molar-refractivity contribution in [3.63, 3.8) is 0 Å². The standard InChI is InChI=1S/C20H24N2O4S/c1-26-18-9-7-17(8-10-18)21-20(23)15-16-11-13-22(14-12-16)27(24,25)19-5-3-2-4-6-19/h2-10,16H,11-15H2,1H3,(H,21,23). The average molecular weight is 388 g/mol. The Balaban J connectivity index is 1.51. The normalized spacial score (nSPS) is 16.0. The van der Waals surface area contributed by atoms with Gasteiger partial charge in [0.25, 0.3) is 0 Å². The fraction of sp³-hybridized carbons (Fsp3) is 0.350. The van der Waals surface area contributed by atoms with Gasteiger partial charge in [-0.1, -0.05) is 18.2 Å². The number of ether oxygens (including phenoxy) is 1. The van der Waals surface area contributed by atoms with E-state index in [1.165, 1.54) is 4.31 Å². The van der Waals surface area contributed by atoms with E-state index in [0.29, 0.717) is 37.2 Å². The third kappa shape index (κ3) is 4.87. The summed E-state index contributed by atoms with van der Waals surface area (Å²) in [5.41, 5.74) is 0.727. The average Bonchev–Trinajstić information content (AvgIpc) is 2.69. The van der Waals surface area contributed by atoms with Crippen LogP contribution in [0.25, 0.3) is 0 Å². The van der Waals surface area contributed by atoms with Crippen molar-refractivity contribution >= 4 is 21.6 Å². The van der Waals surface area contributed by atoms with Gasteiger partial charge in [0.2, 0.25) is 15.9 Å². The molecule has 0 radical (unpaired) electrons. The Morgan fingerprint density at radius 3 is 2.30 bits per heavy atom. The number of amides is 1. The van der Waals surface area contributed by atoms with Gasteiger partial charge in [0.15, 0.2) is 0 Å². The molecule has 2 aromatic rings. The second-order valence-electron chi connectivity index (χ2n) is 6.64. The smallest absolute Gasteiger partial charge is 0.243 e. The molecule has 7 heteroatoms. The van der Waals surface area contributed by atoms with Crippen LogP contribution in [0.15, 0.2) is 59.5 Å². The summed E-state index contributed by atoms with van der Waals surface area (Å²) in [6, 6.07) is 15.7. The highest BCUT2D eigenvalue weighted by Crippen LogP contribution is 2.26. The van der Waals surface area contributed by atoms with Crippen LogP contribution in [0.1, 0.15) is 19.3 Å². The highest BCUT2D eigenvalue weighted by Gasteiger charge is 2.30. The molecule has 1 aliphatic rings. The zero-order chi connectivity index (χ0) is 19.3. The molecule has 1 N–H and O–H groups in total. The van der Waals surface area contributed by atoms with Gasteiger partial charge < -0.3 is 10.1 Å². The molecule has 1 amide bonds. The first kappa shape index (κ1) is 19.4. The molecular weight excluding hydrogens is 364 g/mol. The van der Waals surface area contributed by atoms with Gasteiger partial charge in [-0.3, -0.25) is 4.79 Å². The summed E-state index contributed by atoms with van der Waals surface area (Å²) in [5, 5.41) is 2.88. The van der Waals surface area contributed by atoms with Crippen LogP contribution in [0.5, 0.6) is 5.75 Å². The van der Waals surface area contributed by atoms with Crippen LogP contribution in [0.2, 0.25) is 0 Å². The summed E-state index contributed by atoms with van der Waals surface area (Å²) in [5.74, 6) is 0.870. The molecule has 144 valence electrons. The molecule has 0 spiro atoms. The maximum absolute atomic E-state index is 12.6. The molecule has 0 unspecified atom stereocenters. The Bertz CT molecular complexity index is 859. The van der Waals surface area contributed by atoms with Gasteiger partial charge in [-0.2, -0.15) is 4.31 Å². The summed E-state index contributed by atoms with van der Waals surface area (Å²) in [4.78, 5) is 12.6. The van der Waals surface area contributed by atoms with E-state index in [0.717, 1.165) is 11.4 Å². The first-order chi connectivity index (χ1) is 13.0. The van der Waals surface area contributed by atoms with Crippen molar-refractivity contribution in [2.45, 2.75) is 24.2 Å². The van der Waals surface area contributed by atoms with E-state index in [1.807, 2.05) is 0 Å². The van der Waals surface area contributed by atoms with E-state index in [1.54, 1.807) is 61.7 Å². The SMILES string of the molecule is COc1ccc(NC(=O)CC2CCN(S(=O)(=O)c3ccccc3)CC2)cc1. The lowest BCUT2D eigenvalue weighted by Gasteiger charge is -2.31. The molecule has 0 saturated carbocycles. The van der Waals surface area contributed by atoms with Crippen LogP contribution in [0, 0.1) is 5.92 Å². The third-order valence-corrected chi connectivity index (χ3v) is 6.72. The Hall–Kier alpha value is -2.38. The van der Waals surface area contributed by atoms with Gasteiger partial charge in [-0.25, -0.2) is 8.42 Å². The van der Waals surface area contributed by atoms with Crippen LogP contribution < -0.4 is 10.1 Å². The molecule has 1 saturated heterocycles. The predicted molar refractivity (Wildman–Crippen MR) is 104 cm³/mol. The van der Waals surface area contributed by atoms with E-state index in [-0.39, 0.29) is 11.8 Å². The number of carbonyl (C=O) groups excluding carboxylic acids is 1. The molecule has 2 aromatic carbocycles. The molecule has 0 aliphatic carbocycles. The van der Waals surface area contributed by atoms with E-state index >= 15 is 0 Å². The van der Waals surface area contributed by atoms with Crippen molar-refractivity contribution in [3.05, 3.63) is 54.6 Å². The zero-order valence-corrected chi connectivity index (χ0v) is 16.1. The second kappa shape index (κ2) is 8.54. The number of hydrogen-bond donors (Lipinski definition) is 1. The van der Waals surface area contributed by atoms with Crippen LogP contribution >= 0.6 is 0 Å². The fourth-order valence-corrected chi connectivity index (χ4v) is 4.73. The van der Waals surface area contributed by atoms with E-state index in [4.69, 9.17) is 4.74 Å². The van der Waals surface area contributed by atoms with Gasteiger partial charge in [-0.05, 0) is 55.2 Å². The van der Waals surface area contributed by atoms with Gasteiger partial charge in [-0.15, -0.1) is 0 Å². The molecule has 3 rings (SSSR count). The number of sulfonamides is 1. The number of nitrogens with zero attached hydrogens (tertiary/aromatic N) is 1. The Kier molecular flexibility index (Phi) is 6.13. The molecular formula is C20H24N2O4S. The topological polar surface area (TPSA) is 75.7 Å². The van der Waals surface area contributed by atoms with Crippen LogP contribution in [0.3, 0.4) is 0 Å². The minimum Gasteiger partial charge on any atom is -0.497 e. The predicted octanol–water partition coefficient (Wildman–Crippen LogP) is 3.12. The van der Waals surface area contributed by atoms with Crippen molar-refractivity contribution in [1.29, 1.82) is 0 Å². The largest absolute Gasteiger partial charge is 0.497 e. The monoisotopic (exact) mass is 388 g/mol. The number of nitrogens with one attached hydrogen (secondary N) is 1. The quantitative estimate of drug-likeness (QED) is 0.825. The van der Waals surface area contributed by atoms with Crippen molar-refractivity contribution in [2.75, 3.05) is 25.5 Å². The first-order valence-corrected chi connectivity index (χ1v) is 10.4. The molecule has 1 fully saturated rings. The minimum absolute atomic E-state index is 0.0514. The van der Waals surface area contributed by atoms with Gasteiger partial charge in [0.05, 0.1) is 12.0 Å². The van der Waals surface area contributed by atoms with Gasteiger partial charge in [0, 0.05) is 25.2 Å². The lowest BCUT2D eigenvalue weighted by Crippen LogP contribution is -2.39. The molecule has 27 heavy (non-hydrogen) atoms. The number of benzene rings is 2. The van der Waals surface area contributed by atoms with Gasteiger partial charge >= 0.3 is 0 Å². The maximum Gasteiger partial charge on any atom is 0.243 e. The van der Waals surface area contributed by atoms with Crippen LogP contribution in [0.4, 0.5) is 5.69 Å². The third-order valence-electron chi connectivity index (χ3n) is 4.80. The van der Waals surface area contributed by atoms with Crippen molar-refractivity contribution in [2.24, 2.45) is 5.92 Å². The molecule has 0 bridgehead atoms. The van der Waals surface area contributed by atoms with E-state index in [2.05, 4.69) is 5.32 Å². The number of rotatable bonds is 6. The molecule has 0 aromatic heterocycles. The Morgan fingerprint density at radius 2 is 1.70 bits per heavy atom. The van der Waals surface area contributed by atoms with E-state index < -0.39 is 10.0 Å². The van der Waals surface area contributed by atoms with Crippen LogP contribution in [-0.2, 0) is 14.8 Å². The highest BCUT2D eigenvalue weighted by atomic mass is 32.2. The number of piperidine rings is 1. The highest BCUT2D eigenvalue weighted by molar-refractivity contribution is 7.89. The summed E-state index contributed by atoms with van der Waals surface area (Å²) in [6.45, 7) is 0.884. The molecule has 1 aliphatic heterocycles. The lowest BCUT2D eigenvalue weighted by molar-refractivity contribution is -0.117. The van der Waals surface area contributed by atoms with E-state index in [9.17, 15) is 13.2 Å². The summed E-state index contributed by atoms with van der Waals surface area (Å²) >= 11 is 0. The fourth-order valence-electron chi connectivity index (χ4n) is 3.24. The number of methoxy groups -OCH3 is 1. The molecule has 1 heterocycles. The minimum atomic E-state index is -3.45. The summed E-state index contributed by atoms with van der Waals surface area (Å²) in [6.07, 6.45) is 1.76. The lowest BCUT2D eigenvalue weighted by atomic mass is 9.94. The summed E-state index contributed by atoms with van der Waals surface area (Å²) < 4.78 is 31.9. The molecule has 0 atom stereocenters. The number of hydrogen-bond acceptors (Lipinski definition) is 4. The summed E-state index contributed by atoms with van der Waals surface area (Å²) in [7, 11) is -1.85. The maximum atomic E-state index is 12.6. The Labute approximate surface area is 160 Å². The molecule has 6 nitrogen and oxygen atoms in total. The van der Waals surface area contributed by atoms with Crippen molar-refractivity contribution in [3.8, 4) is 5.75 Å². The van der Waals surface area contributed by atoms with Gasteiger partial charge in [0.1, 0.15) is 5.75 Å². The first-order valence-electron chi connectivity index (χ1n) is 8.98.